The van der Waals surface area contributed by atoms with Crippen molar-refractivity contribution in [2.24, 2.45) is 0 Å². The minimum absolute atomic E-state index is 0.611. The first-order chi connectivity index (χ1) is 11.4. The van der Waals surface area contributed by atoms with Crippen molar-refractivity contribution in [2.75, 3.05) is 27.2 Å². The molecule has 0 fully saturated rings. The van der Waals surface area contributed by atoms with Gasteiger partial charge in [0, 0.05) is 22.3 Å². The van der Waals surface area contributed by atoms with Crippen molar-refractivity contribution >= 4 is 35.4 Å². The van der Waals surface area contributed by atoms with Crippen molar-refractivity contribution in [3.8, 4) is 5.75 Å². The zero-order valence-corrected chi connectivity index (χ0v) is 15.7. The summed E-state index contributed by atoms with van der Waals surface area (Å²) in [6.45, 7) is 3.61. The molecular formula is C19H22Cl2N2O. The van der Waals surface area contributed by atoms with Crippen molar-refractivity contribution in [1.82, 2.24) is 9.88 Å². The Balaban J connectivity index is 2.13. The lowest BCUT2D eigenvalue weighted by atomic mass is 10.2. The Hall–Kier alpha value is -1.55. The Labute approximate surface area is 153 Å². The maximum atomic E-state index is 6.04. The minimum Gasteiger partial charge on any atom is -0.491 e. The number of rotatable bonds is 7. The summed E-state index contributed by atoms with van der Waals surface area (Å²) in [5, 5.41) is 1.22. The Morgan fingerprint density at radius 3 is 2.46 bits per heavy atom. The van der Waals surface area contributed by atoms with Crippen LogP contribution in [-0.4, -0.2) is 37.1 Å². The molecule has 0 radical (unpaired) electrons. The first-order valence-electron chi connectivity index (χ1n) is 7.83. The summed E-state index contributed by atoms with van der Waals surface area (Å²) in [4.78, 5) is 6.70. The molecule has 0 saturated carbocycles. The third-order valence-corrected chi connectivity index (χ3v) is 3.79. The lowest BCUT2D eigenvalue weighted by molar-refractivity contribution is 0.280. The lowest BCUT2D eigenvalue weighted by Crippen LogP contribution is -2.15. The van der Waals surface area contributed by atoms with Gasteiger partial charge in [-0.1, -0.05) is 29.3 Å². The van der Waals surface area contributed by atoms with Gasteiger partial charge in [0.2, 0.25) is 0 Å². The quantitative estimate of drug-likeness (QED) is 0.631. The fourth-order valence-electron chi connectivity index (χ4n) is 2.21. The fourth-order valence-corrected chi connectivity index (χ4v) is 2.76. The molecule has 1 aromatic heterocycles. The van der Waals surface area contributed by atoms with Crippen LogP contribution < -0.4 is 4.74 Å². The lowest BCUT2D eigenvalue weighted by Gasteiger charge is -2.12. The van der Waals surface area contributed by atoms with Gasteiger partial charge in [-0.3, -0.25) is 0 Å². The van der Waals surface area contributed by atoms with E-state index < -0.39 is 0 Å². The molecule has 0 unspecified atom stereocenters. The highest BCUT2D eigenvalue weighted by molar-refractivity contribution is 6.34. The smallest absolute Gasteiger partial charge is 0.144 e. The zero-order valence-electron chi connectivity index (χ0n) is 14.2. The van der Waals surface area contributed by atoms with Gasteiger partial charge in [-0.25, -0.2) is 4.98 Å². The van der Waals surface area contributed by atoms with Crippen molar-refractivity contribution < 1.29 is 4.74 Å². The predicted molar refractivity (Wildman–Crippen MR) is 103 cm³/mol. The molecule has 0 atom stereocenters. The molecule has 0 aliphatic rings. The minimum atomic E-state index is 0.611. The van der Waals surface area contributed by atoms with Gasteiger partial charge in [-0.05, 0) is 69.4 Å². The molecule has 2 aromatic rings. The second-order valence-electron chi connectivity index (χ2n) is 5.88. The molecule has 0 aliphatic heterocycles. The van der Waals surface area contributed by atoms with E-state index in [1.165, 1.54) is 0 Å². The topological polar surface area (TPSA) is 25.4 Å². The average molecular weight is 365 g/mol. The first kappa shape index (κ1) is 18.8. The van der Waals surface area contributed by atoms with Crippen LogP contribution in [0.4, 0.5) is 0 Å². The van der Waals surface area contributed by atoms with E-state index in [-0.39, 0.29) is 0 Å². The Morgan fingerprint density at radius 2 is 1.79 bits per heavy atom. The van der Waals surface area contributed by atoms with E-state index in [9.17, 15) is 0 Å². The standard InChI is InChI=1S/C19H22Cl2N2O/c1-14-5-8-19(24-10-4-9-23(2)3)18(22-14)7-6-15-11-16(20)13-17(21)12-15/h5-8,11-13H,4,9-10H2,1-3H3/b7-6+. The Bertz CT molecular complexity index is 694. The number of ether oxygens (including phenoxy) is 1. The number of benzene rings is 1. The van der Waals surface area contributed by atoms with Gasteiger partial charge in [-0.15, -0.1) is 0 Å². The van der Waals surface area contributed by atoms with E-state index in [0.29, 0.717) is 16.7 Å². The second kappa shape index (κ2) is 9.07. The van der Waals surface area contributed by atoms with Crippen LogP contribution >= 0.6 is 23.2 Å². The molecule has 24 heavy (non-hydrogen) atoms. The van der Waals surface area contributed by atoms with Crippen LogP contribution in [0.25, 0.3) is 12.2 Å². The normalized spacial score (nSPS) is 11.4. The molecular weight excluding hydrogens is 343 g/mol. The number of nitrogens with zero attached hydrogens (tertiary/aromatic N) is 2. The molecule has 3 nitrogen and oxygen atoms in total. The van der Waals surface area contributed by atoms with Crippen LogP contribution in [0.3, 0.4) is 0 Å². The summed E-state index contributed by atoms with van der Waals surface area (Å²) in [6, 6.07) is 9.34. The molecule has 5 heteroatoms. The third kappa shape index (κ3) is 6.16. The van der Waals surface area contributed by atoms with Gasteiger partial charge in [0.15, 0.2) is 0 Å². The van der Waals surface area contributed by atoms with E-state index in [1.807, 2.05) is 43.3 Å². The van der Waals surface area contributed by atoms with Gasteiger partial charge in [-0.2, -0.15) is 0 Å². The molecule has 1 heterocycles. The zero-order chi connectivity index (χ0) is 17.5. The van der Waals surface area contributed by atoms with E-state index in [2.05, 4.69) is 24.0 Å². The number of pyridine rings is 1. The largest absolute Gasteiger partial charge is 0.491 e. The Kier molecular flexibility index (Phi) is 7.10. The molecule has 2 rings (SSSR count). The molecule has 1 aromatic carbocycles. The van der Waals surface area contributed by atoms with Gasteiger partial charge < -0.3 is 9.64 Å². The highest BCUT2D eigenvalue weighted by Gasteiger charge is 2.04. The fraction of sp³-hybridized carbons (Fsp3) is 0.316. The number of halogens is 2. The summed E-state index contributed by atoms with van der Waals surface area (Å²) in [6.07, 6.45) is 4.83. The molecule has 0 bridgehead atoms. The molecule has 0 spiro atoms. The van der Waals surface area contributed by atoms with Crippen LogP contribution in [0.5, 0.6) is 5.75 Å². The van der Waals surface area contributed by atoms with Crippen LogP contribution in [0, 0.1) is 6.92 Å². The maximum absolute atomic E-state index is 6.04. The van der Waals surface area contributed by atoms with Crippen LogP contribution in [0.2, 0.25) is 10.0 Å². The predicted octanol–water partition coefficient (Wildman–Crippen LogP) is 5.20. The number of hydrogen-bond donors (Lipinski definition) is 0. The molecule has 0 N–H and O–H groups in total. The van der Waals surface area contributed by atoms with Crippen LogP contribution in [0.1, 0.15) is 23.4 Å². The summed E-state index contributed by atoms with van der Waals surface area (Å²) < 4.78 is 5.89. The molecule has 0 aliphatic carbocycles. The number of aromatic nitrogens is 1. The van der Waals surface area contributed by atoms with Crippen LogP contribution in [0.15, 0.2) is 30.3 Å². The SMILES string of the molecule is Cc1ccc(OCCCN(C)C)c(/C=C/c2cc(Cl)cc(Cl)c2)n1. The highest BCUT2D eigenvalue weighted by atomic mass is 35.5. The van der Waals surface area contributed by atoms with Crippen LogP contribution in [-0.2, 0) is 0 Å². The number of aryl methyl sites for hydroxylation is 1. The molecule has 0 saturated heterocycles. The number of hydrogen-bond acceptors (Lipinski definition) is 3. The Morgan fingerprint density at radius 1 is 1.08 bits per heavy atom. The summed E-state index contributed by atoms with van der Waals surface area (Å²) >= 11 is 12.1. The second-order valence-corrected chi connectivity index (χ2v) is 6.75. The summed E-state index contributed by atoms with van der Waals surface area (Å²) in [7, 11) is 4.11. The van der Waals surface area contributed by atoms with E-state index in [1.54, 1.807) is 6.07 Å². The van der Waals surface area contributed by atoms with Crippen molar-refractivity contribution in [2.45, 2.75) is 13.3 Å². The van der Waals surface area contributed by atoms with Gasteiger partial charge in [0.1, 0.15) is 11.4 Å². The first-order valence-corrected chi connectivity index (χ1v) is 8.59. The summed E-state index contributed by atoms with van der Waals surface area (Å²) in [5.41, 5.74) is 2.67. The van der Waals surface area contributed by atoms with Gasteiger partial charge in [0.05, 0.1) is 6.61 Å². The van der Waals surface area contributed by atoms with Crippen molar-refractivity contribution in [3.05, 3.63) is 57.3 Å². The van der Waals surface area contributed by atoms with E-state index in [4.69, 9.17) is 27.9 Å². The van der Waals surface area contributed by atoms with E-state index >= 15 is 0 Å². The monoisotopic (exact) mass is 364 g/mol. The average Bonchev–Trinajstić information content (AvgIpc) is 2.50. The van der Waals surface area contributed by atoms with E-state index in [0.717, 1.165) is 35.7 Å². The van der Waals surface area contributed by atoms with Crippen molar-refractivity contribution in [1.29, 1.82) is 0 Å². The molecule has 128 valence electrons. The third-order valence-electron chi connectivity index (χ3n) is 3.35. The maximum Gasteiger partial charge on any atom is 0.144 e. The highest BCUT2D eigenvalue weighted by Crippen LogP contribution is 2.23. The van der Waals surface area contributed by atoms with Gasteiger partial charge in [0.25, 0.3) is 0 Å². The molecule has 0 amide bonds. The summed E-state index contributed by atoms with van der Waals surface area (Å²) in [5.74, 6) is 0.781. The van der Waals surface area contributed by atoms with Crippen molar-refractivity contribution in [3.63, 3.8) is 0 Å². The van der Waals surface area contributed by atoms with Gasteiger partial charge >= 0.3 is 0 Å².